The van der Waals surface area contributed by atoms with Crippen LogP contribution in [0.3, 0.4) is 0 Å². The van der Waals surface area contributed by atoms with E-state index < -0.39 is 10.8 Å². The smallest absolute Gasteiger partial charge is 0.273 e. The van der Waals surface area contributed by atoms with Crippen molar-refractivity contribution in [1.29, 1.82) is 0 Å². The zero-order valence-electron chi connectivity index (χ0n) is 12.0. The quantitative estimate of drug-likeness (QED) is 0.653. The number of aromatic nitrogens is 1. The Labute approximate surface area is 127 Å². The van der Waals surface area contributed by atoms with E-state index in [0.29, 0.717) is 23.7 Å². The molecule has 0 fully saturated rings. The summed E-state index contributed by atoms with van der Waals surface area (Å²) in [7, 11) is 0. The fraction of sp³-hybridized carbons (Fsp3) is 0.200. The number of carbonyl (C=O) groups excluding carboxylic acids is 1. The van der Waals surface area contributed by atoms with E-state index in [2.05, 4.69) is 10.3 Å². The lowest BCUT2D eigenvalue weighted by molar-refractivity contribution is -0.385. The molecule has 0 aliphatic carbocycles. The first-order chi connectivity index (χ1) is 10.6. The van der Waals surface area contributed by atoms with Crippen molar-refractivity contribution in [3.05, 3.63) is 58.3 Å². The highest BCUT2D eigenvalue weighted by atomic mass is 16.6. The van der Waals surface area contributed by atoms with Gasteiger partial charge in [-0.3, -0.25) is 14.9 Å². The molecule has 0 atom stereocenters. The van der Waals surface area contributed by atoms with Gasteiger partial charge in [-0.05, 0) is 19.1 Å². The number of nitro benzene ring substituents is 1. The Bertz CT molecular complexity index is 688. The molecule has 7 nitrogen and oxygen atoms in total. The minimum atomic E-state index is -0.505. The first-order valence-electron chi connectivity index (χ1n) is 6.71. The number of hydrogen-bond acceptors (Lipinski definition) is 5. The van der Waals surface area contributed by atoms with Gasteiger partial charge in [0.1, 0.15) is 0 Å². The van der Waals surface area contributed by atoms with E-state index >= 15 is 0 Å². The summed E-state index contributed by atoms with van der Waals surface area (Å²) in [5.41, 5.74) is 0.266. The van der Waals surface area contributed by atoms with E-state index in [-0.39, 0.29) is 12.1 Å². The van der Waals surface area contributed by atoms with Crippen LogP contribution >= 0.6 is 0 Å². The van der Waals surface area contributed by atoms with Crippen molar-refractivity contribution >= 4 is 17.4 Å². The molecule has 0 aliphatic rings. The number of hydrogen-bond donors (Lipinski definition) is 1. The summed E-state index contributed by atoms with van der Waals surface area (Å²) in [4.78, 5) is 26.6. The lowest BCUT2D eigenvalue weighted by atomic mass is 10.1. The van der Waals surface area contributed by atoms with Gasteiger partial charge in [0.05, 0.1) is 18.0 Å². The second kappa shape index (κ2) is 7.16. The maximum Gasteiger partial charge on any atom is 0.273 e. The molecule has 0 saturated heterocycles. The van der Waals surface area contributed by atoms with E-state index in [1.54, 1.807) is 30.3 Å². The summed E-state index contributed by atoms with van der Waals surface area (Å²) in [6.45, 7) is 2.27. The van der Waals surface area contributed by atoms with Crippen molar-refractivity contribution < 1.29 is 14.5 Å². The summed E-state index contributed by atoms with van der Waals surface area (Å²) >= 11 is 0. The third-order valence-corrected chi connectivity index (χ3v) is 2.87. The number of nitro groups is 1. The second-order valence-corrected chi connectivity index (χ2v) is 4.39. The summed E-state index contributed by atoms with van der Waals surface area (Å²) < 4.78 is 5.36. The average Bonchev–Trinajstić information content (AvgIpc) is 2.50. The van der Waals surface area contributed by atoms with Gasteiger partial charge >= 0.3 is 0 Å². The Morgan fingerprint density at radius 1 is 1.32 bits per heavy atom. The molecule has 0 bridgehead atoms. The molecule has 114 valence electrons. The Morgan fingerprint density at radius 3 is 2.82 bits per heavy atom. The van der Waals surface area contributed by atoms with E-state index in [1.165, 1.54) is 12.3 Å². The van der Waals surface area contributed by atoms with Crippen LogP contribution in [-0.2, 0) is 11.2 Å². The number of rotatable bonds is 6. The highest BCUT2D eigenvalue weighted by Crippen LogP contribution is 2.22. The molecule has 0 radical (unpaired) electrons. The minimum absolute atomic E-state index is 0.0799. The van der Waals surface area contributed by atoms with Crippen LogP contribution in [0.15, 0.2) is 42.6 Å². The lowest BCUT2D eigenvalue weighted by Gasteiger charge is -2.10. The molecule has 22 heavy (non-hydrogen) atoms. The summed E-state index contributed by atoms with van der Waals surface area (Å²) in [5, 5.41) is 13.6. The fourth-order valence-electron chi connectivity index (χ4n) is 1.94. The molecule has 0 aliphatic heterocycles. The molecule has 0 spiro atoms. The van der Waals surface area contributed by atoms with Gasteiger partial charge in [-0.25, -0.2) is 4.98 Å². The van der Waals surface area contributed by atoms with Crippen LogP contribution in [0.2, 0.25) is 0 Å². The number of benzene rings is 1. The van der Waals surface area contributed by atoms with E-state index in [0.717, 1.165) is 0 Å². The summed E-state index contributed by atoms with van der Waals surface area (Å²) in [6.07, 6.45) is 1.42. The Balaban J connectivity index is 2.13. The van der Waals surface area contributed by atoms with Gasteiger partial charge in [-0.2, -0.15) is 0 Å². The predicted molar refractivity (Wildman–Crippen MR) is 80.8 cm³/mol. The standard InChI is InChI=1S/C15H15N3O4/c1-2-22-13-8-5-9-16-15(13)17-14(19)10-11-6-3-4-7-12(11)18(20)21/h3-9H,2,10H2,1H3,(H,16,17,19). The Kier molecular flexibility index (Phi) is 5.02. The Hall–Kier alpha value is -2.96. The molecular weight excluding hydrogens is 286 g/mol. The molecule has 2 aromatic rings. The normalized spacial score (nSPS) is 10.0. The highest BCUT2D eigenvalue weighted by Gasteiger charge is 2.16. The largest absolute Gasteiger partial charge is 0.490 e. The number of nitrogens with one attached hydrogen (secondary N) is 1. The molecule has 2 rings (SSSR count). The number of anilines is 1. The fourth-order valence-corrected chi connectivity index (χ4v) is 1.94. The van der Waals surface area contributed by atoms with Crippen molar-refractivity contribution in [1.82, 2.24) is 4.98 Å². The molecule has 0 unspecified atom stereocenters. The number of pyridine rings is 1. The van der Waals surface area contributed by atoms with Crippen LogP contribution in [0.4, 0.5) is 11.5 Å². The molecular formula is C15H15N3O4. The van der Waals surface area contributed by atoms with Crippen LogP contribution in [0.25, 0.3) is 0 Å². The molecule has 7 heteroatoms. The molecule has 1 aromatic carbocycles. The molecule has 1 heterocycles. The van der Waals surface area contributed by atoms with Gasteiger partial charge in [0.15, 0.2) is 11.6 Å². The zero-order chi connectivity index (χ0) is 15.9. The van der Waals surface area contributed by atoms with Gasteiger partial charge in [0, 0.05) is 17.8 Å². The highest BCUT2D eigenvalue weighted by molar-refractivity contribution is 5.93. The summed E-state index contributed by atoms with van der Waals surface area (Å²) in [6, 6.07) is 9.53. The number of para-hydroxylation sites is 1. The average molecular weight is 301 g/mol. The van der Waals surface area contributed by atoms with Crippen LogP contribution in [0, 0.1) is 10.1 Å². The van der Waals surface area contributed by atoms with Crippen molar-refractivity contribution in [2.75, 3.05) is 11.9 Å². The number of ether oxygens (including phenoxy) is 1. The van der Waals surface area contributed by atoms with Gasteiger partial charge in [0.2, 0.25) is 5.91 Å². The van der Waals surface area contributed by atoms with Crippen molar-refractivity contribution in [2.24, 2.45) is 0 Å². The van der Waals surface area contributed by atoms with Gasteiger partial charge in [-0.1, -0.05) is 18.2 Å². The van der Waals surface area contributed by atoms with Crippen molar-refractivity contribution in [3.63, 3.8) is 0 Å². The van der Waals surface area contributed by atoms with Crippen molar-refractivity contribution in [3.8, 4) is 5.75 Å². The maximum atomic E-state index is 12.1. The predicted octanol–water partition coefficient (Wildman–Crippen LogP) is 2.57. The topological polar surface area (TPSA) is 94.4 Å². The van der Waals surface area contributed by atoms with Crippen LogP contribution in [0.1, 0.15) is 12.5 Å². The van der Waals surface area contributed by atoms with Gasteiger partial charge < -0.3 is 10.1 Å². The lowest BCUT2D eigenvalue weighted by Crippen LogP contribution is -2.17. The zero-order valence-corrected chi connectivity index (χ0v) is 12.0. The molecule has 1 amide bonds. The molecule has 1 aromatic heterocycles. The van der Waals surface area contributed by atoms with E-state index in [1.807, 2.05) is 6.92 Å². The van der Waals surface area contributed by atoms with Crippen LogP contribution in [-0.4, -0.2) is 22.4 Å². The first-order valence-corrected chi connectivity index (χ1v) is 6.71. The first kappa shape index (κ1) is 15.4. The number of nitrogens with zero attached hydrogens (tertiary/aromatic N) is 2. The molecule has 1 N–H and O–H groups in total. The number of amides is 1. The van der Waals surface area contributed by atoms with Gasteiger partial charge in [-0.15, -0.1) is 0 Å². The van der Waals surface area contributed by atoms with Gasteiger partial charge in [0.25, 0.3) is 5.69 Å². The van der Waals surface area contributed by atoms with Crippen molar-refractivity contribution in [2.45, 2.75) is 13.3 Å². The van der Waals surface area contributed by atoms with Crippen LogP contribution < -0.4 is 10.1 Å². The molecule has 0 saturated carbocycles. The monoisotopic (exact) mass is 301 g/mol. The SMILES string of the molecule is CCOc1cccnc1NC(=O)Cc1ccccc1[N+](=O)[O-]. The third-order valence-electron chi connectivity index (χ3n) is 2.87. The van der Waals surface area contributed by atoms with Crippen LogP contribution in [0.5, 0.6) is 5.75 Å². The van der Waals surface area contributed by atoms with E-state index in [9.17, 15) is 14.9 Å². The third kappa shape index (κ3) is 3.78. The second-order valence-electron chi connectivity index (χ2n) is 4.39. The number of carbonyl (C=O) groups is 1. The van der Waals surface area contributed by atoms with E-state index in [4.69, 9.17) is 4.74 Å². The Morgan fingerprint density at radius 2 is 2.09 bits per heavy atom. The minimum Gasteiger partial charge on any atom is -0.490 e. The summed E-state index contributed by atoms with van der Waals surface area (Å²) in [5.74, 6) is 0.364. The maximum absolute atomic E-state index is 12.1.